The number of ether oxygens (including phenoxy) is 1. The summed E-state index contributed by atoms with van der Waals surface area (Å²) in [7, 11) is 0. The molecule has 2 amide bonds. The second kappa shape index (κ2) is 6.80. The monoisotopic (exact) mass is 299 g/mol. The van der Waals surface area contributed by atoms with Gasteiger partial charge >= 0.3 is 6.03 Å². The first-order valence-electron chi connectivity index (χ1n) is 6.86. The average molecular weight is 299 g/mol. The van der Waals surface area contributed by atoms with Gasteiger partial charge in [-0.05, 0) is 31.0 Å². The highest BCUT2D eigenvalue weighted by atomic mass is 19.3. The molecule has 1 aliphatic heterocycles. The summed E-state index contributed by atoms with van der Waals surface area (Å²) in [6.45, 7) is 0.889. The van der Waals surface area contributed by atoms with Crippen LogP contribution < -0.4 is 5.32 Å². The minimum absolute atomic E-state index is 0.127. The summed E-state index contributed by atoms with van der Waals surface area (Å²) in [5, 5.41) is 2.74. The summed E-state index contributed by atoms with van der Waals surface area (Å²) in [6, 6.07) is 3.08. The third-order valence-electron chi connectivity index (χ3n) is 3.19. The van der Waals surface area contributed by atoms with Gasteiger partial charge in [0, 0.05) is 25.0 Å². The lowest BCUT2D eigenvalue weighted by molar-refractivity contribution is -0.0652. The number of hydrogen-bond acceptors (Lipinski definition) is 3. The number of aromatic nitrogens is 1. The number of urea groups is 1. The third kappa shape index (κ3) is 4.93. The first-order chi connectivity index (χ1) is 9.96. The van der Waals surface area contributed by atoms with Crippen LogP contribution in [0.25, 0.3) is 0 Å². The molecule has 1 aliphatic rings. The molecule has 1 aromatic heterocycles. The van der Waals surface area contributed by atoms with Crippen molar-refractivity contribution in [2.75, 3.05) is 26.3 Å². The van der Waals surface area contributed by atoms with Crippen LogP contribution in [0.2, 0.25) is 0 Å². The number of hydrogen-bond donors (Lipinski definition) is 1. The van der Waals surface area contributed by atoms with Crippen LogP contribution in [-0.2, 0) is 11.2 Å². The number of alkyl halides is 2. The molecule has 1 N–H and O–H groups in total. The van der Waals surface area contributed by atoms with Gasteiger partial charge in [0.2, 0.25) is 0 Å². The van der Waals surface area contributed by atoms with E-state index in [0.717, 1.165) is 10.5 Å². The Morgan fingerprint density at radius 1 is 1.52 bits per heavy atom. The molecule has 0 bridgehead atoms. The molecule has 5 nitrogen and oxygen atoms in total. The van der Waals surface area contributed by atoms with Crippen LogP contribution in [0.3, 0.4) is 0 Å². The molecule has 2 heterocycles. The molecule has 0 aliphatic carbocycles. The van der Waals surface area contributed by atoms with E-state index in [9.17, 15) is 13.6 Å². The second-order valence-corrected chi connectivity index (χ2v) is 5.24. The molecule has 1 fully saturated rings. The van der Waals surface area contributed by atoms with Gasteiger partial charge in [-0.3, -0.25) is 4.98 Å². The Morgan fingerprint density at radius 2 is 2.24 bits per heavy atom. The predicted octanol–water partition coefficient (Wildman–Crippen LogP) is 1.69. The fraction of sp³-hybridized carbons (Fsp3) is 0.571. The van der Waals surface area contributed by atoms with Crippen molar-refractivity contribution < 1.29 is 18.3 Å². The number of pyridine rings is 1. The summed E-state index contributed by atoms with van der Waals surface area (Å²) in [5.41, 5.74) is 1.03. The summed E-state index contributed by atoms with van der Waals surface area (Å²) >= 11 is 0. The molecule has 1 saturated heterocycles. The molecule has 1 atom stereocenters. The van der Waals surface area contributed by atoms with Gasteiger partial charge in [-0.1, -0.05) is 0 Å². The molecule has 1 aromatic rings. The highest BCUT2D eigenvalue weighted by Crippen LogP contribution is 2.18. The molecule has 7 heteroatoms. The maximum Gasteiger partial charge on any atom is 0.317 e. The summed E-state index contributed by atoms with van der Waals surface area (Å²) in [6.07, 6.45) is 3.97. The Morgan fingerprint density at radius 3 is 2.95 bits per heavy atom. The molecule has 21 heavy (non-hydrogen) atoms. The normalized spacial score (nSPS) is 19.7. The van der Waals surface area contributed by atoms with Crippen molar-refractivity contribution in [2.45, 2.75) is 25.3 Å². The van der Waals surface area contributed by atoms with E-state index < -0.39 is 25.1 Å². The van der Waals surface area contributed by atoms with E-state index in [1.54, 1.807) is 12.4 Å². The lowest BCUT2D eigenvalue weighted by Gasteiger charge is -2.25. The molecule has 1 unspecified atom stereocenters. The topological polar surface area (TPSA) is 54.5 Å². The Balaban J connectivity index is 1.88. The quantitative estimate of drug-likeness (QED) is 0.924. The van der Waals surface area contributed by atoms with E-state index in [1.807, 2.05) is 19.1 Å². The van der Waals surface area contributed by atoms with Crippen LogP contribution in [0.4, 0.5) is 13.6 Å². The van der Waals surface area contributed by atoms with Crippen LogP contribution in [0.1, 0.15) is 12.5 Å². The minimum Gasteiger partial charge on any atom is -0.373 e. The van der Waals surface area contributed by atoms with Crippen LogP contribution in [-0.4, -0.2) is 54.2 Å². The summed E-state index contributed by atoms with van der Waals surface area (Å²) in [5.74, 6) is -3.00. The lowest BCUT2D eigenvalue weighted by atomic mass is 10.1. The average Bonchev–Trinajstić information content (AvgIpc) is 2.60. The highest BCUT2D eigenvalue weighted by molar-refractivity contribution is 5.74. The van der Waals surface area contributed by atoms with Crippen molar-refractivity contribution >= 4 is 6.03 Å². The molecular formula is C14H19F2N3O2. The zero-order chi connectivity index (χ0) is 15.3. The molecular weight excluding hydrogens is 280 g/mol. The number of halogens is 2. The first-order valence-corrected chi connectivity index (χ1v) is 6.86. The molecule has 0 saturated carbocycles. The van der Waals surface area contributed by atoms with Crippen molar-refractivity contribution in [3.63, 3.8) is 0 Å². The van der Waals surface area contributed by atoms with E-state index in [2.05, 4.69) is 10.3 Å². The molecule has 0 spiro atoms. The van der Waals surface area contributed by atoms with E-state index in [4.69, 9.17) is 4.74 Å². The molecule has 2 rings (SSSR count). The number of amides is 2. The molecule has 0 radical (unpaired) electrons. The zero-order valence-corrected chi connectivity index (χ0v) is 11.9. The number of rotatable bonds is 3. The van der Waals surface area contributed by atoms with Crippen LogP contribution in [0, 0.1) is 0 Å². The van der Waals surface area contributed by atoms with Gasteiger partial charge in [0.25, 0.3) is 5.92 Å². The van der Waals surface area contributed by atoms with Crippen LogP contribution in [0.5, 0.6) is 0 Å². The van der Waals surface area contributed by atoms with Gasteiger partial charge in [-0.2, -0.15) is 0 Å². The molecule has 116 valence electrons. The second-order valence-electron chi connectivity index (χ2n) is 5.24. The van der Waals surface area contributed by atoms with Crippen molar-refractivity contribution in [1.29, 1.82) is 0 Å². The van der Waals surface area contributed by atoms with Crippen molar-refractivity contribution in [1.82, 2.24) is 15.2 Å². The van der Waals surface area contributed by atoms with Gasteiger partial charge in [-0.15, -0.1) is 0 Å². The summed E-state index contributed by atoms with van der Waals surface area (Å²) in [4.78, 5) is 17.1. The number of carbonyl (C=O) groups excluding carboxylic acids is 1. The highest BCUT2D eigenvalue weighted by Gasteiger charge is 2.36. The van der Waals surface area contributed by atoms with E-state index in [1.165, 1.54) is 0 Å². The summed E-state index contributed by atoms with van der Waals surface area (Å²) < 4.78 is 31.6. The fourth-order valence-electron chi connectivity index (χ4n) is 2.20. The predicted molar refractivity (Wildman–Crippen MR) is 73.3 cm³/mol. The smallest absolute Gasteiger partial charge is 0.317 e. The Hall–Kier alpha value is -1.76. The van der Waals surface area contributed by atoms with Gasteiger partial charge in [0.1, 0.15) is 6.61 Å². The van der Waals surface area contributed by atoms with E-state index in [0.29, 0.717) is 6.42 Å². The van der Waals surface area contributed by atoms with Crippen molar-refractivity contribution in [3.8, 4) is 0 Å². The standard InChI is InChI=1S/C14H19F2N3O2/c1-11(8-12-2-4-17-5-3-12)18-13(20)19-6-7-21-10-14(15,16)9-19/h2-5,11H,6-10H2,1H3,(H,18,20). The van der Waals surface area contributed by atoms with Gasteiger partial charge in [0.05, 0.1) is 13.2 Å². The van der Waals surface area contributed by atoms with E-state index >= 15 is 0 Å². The Kier molecular flexibility index (Phi) is 5.06. The minimum atomic E-state index is -3.00. The van der Waals surface area contributed by atoms with Gasteiger partial charge < -0.3 is 15.0 Å². The number of nitrogens with zero attached hydrogens (tertiary/aromatic N) is 2. The number of nitrogens with one attached hydrogen (secondary N) is 1. The van der Waals surface area contributed by atoms with Crippen molar-refractivity contribution in [2.24, 2.45) is 0 Å². The number of carbonyl (C=O) groups is 1. The Bertz CT molecular complexity index is 471. The maximum absolute atomic E-state index is 13.4. The Labute approximate surface area is 122 Å². The molecule has 0 aromatic carbocycles. The van der Waals surface area contributed by atoms with E-state index in [-0.39, 0.29) is 19.2 Å². The first kappa shape index (κ1) is 15.6. The third-order valence-corrected chi connectivity index (χ3v) is 3.19. The lowest BCUT2D eigenvalue weighted by Crippen LogP contribution is -2.48. The largest absolute Gasteiger partial charge is 0.373 e. The zero-order valence-electron chi connectivity index (χ0n) is 11.9. The fourth-order valence-corrected chi connectivity index (χ4v) is 2.20. The SMILES string of the molecule is CC(Cc1ccncc1)NC(=O)N1CCOCC(F)(F)C1. The van der Waals surface area contributed by atoms with Crippen LogP contribution >= 0.6 is 0 Å². The van der Waals surface area contributed by atoms with Crippen molar-refractivity contribution in [3.05, 3.63) is 30.1 Å². The van der Waals surface area contributed by atoms with Crippen LogP contribution in [0.15, 0.2) is 24.5 Å². The maximum atomic E-state index is 13.4. The van der Waals surface area contributed by atoms with Gasteiger partial charge in [0.15, 0.2) is 0 Å². The van der Waals surface area contributed by atoms with Gasteiger partial charge in [-0.25, -0.2) is 13.6 Å².